The summed E-state index contributed by atoms with van der Waals surface area (Å²) in [7, 11) is 3.00. The first kappa shape index (κ1) is 22.5. The Balaban J connectivity index is 2.29. The van der Waals surface area contributed by atoms with Gasteiger partial charge in [0.1, 0.15) is 17.6 Å². The lowest BCUT2D eigenvalue weighted by molar-refractivity contribution is 0.0999. The third-order valence-corrected chi connectivity index (χ3v) is 5.92. The van der Waals surface area contributed by atoms with Crippen LogP contribution in [0.2, 0.25) is 0 Å². The second kappa shape index (κ2) is 8.91. The van der Waals surface area contributed by atoms with Crippen molar-refractivity contribution in [3.8, 4) is 29.7 Å². The lowest BCUT2D eigenvalue weighted by Gasteiger charge is -2.45. The first-order valence-electron chi connectivity index (χ1n) is 9.98. The predicted molar refractivity (Wildman–Crippen MR) is 113 cm³/mol. The zero-order valence-electron chi connectivity index (χ0n) is 18.1. The Hall–Kier alpha value is -4.16. The largest absolute Gasteiger partial charge is 0.497 e. The minimum atomic E-state index is -1.83. The van der Waals surface area contributed by atoms with E-state index in [4.69, 9.17) is 19.9 Å². The molecule has 0 aromatic heterocycles. The fraction of sp³-hybridized carbons (Fsp3) is 0.391. The maximum atomic E-state index is 12.4. The Bertz CT molecular complexity index is 1080. The number of benzene rings is 1. The van der Waals surface area contributed by atoms with Crippen LogP contribution in [0.25, 0.3) is 0 Å². The Morgan fingerprint density at radius 2 is 1.81 bits per heavy atom. The fourth-order valence-corrected chi connectivity index (χ4v) is 4.43. The molecular weight excluding hydrogens is 410 g/mol. The summed E-state index contributed by atoms with van der Waals surface area (Å²) >= 11 is 0. The first-order valence-corrected chi connectivity index (χ1v) is 9.98. The van der Waals surface area contributed by atoms with Gasteiger partial charge in [-0.15, -0.1) is 0 Å². The highest BCUT2D eigenvalue weighted by Crippen LogP contribution is 2.54. The molecule has 2 N–H and O–H groups in total. The van der Waals surface area contributed by atoms with Crippen LogP contribution in [0.1, 0.15) is 18.4 Å². The van der Waals surface area contributed by atoms with Crippen molar-refractivity contribution in [1.82, 2.24) is 4.90 Å². The van der Waals surface area contributed by atoms with Crippen LogP contribution in [0.5, 0.6) is 11.5 Å². The predicted octanol–water partition coefficient (Wildman–Crippen LogP) is 2.59. The summed E-state index contributed by atoms with van der Waals surface area (Å²) in [4.78, 5) is 13.9. The SMILES string of the molecule is CCOC(=O)N1CC=C2C(C#N)=C(N)C(C#N)(C#N)C(c3cc(OC)cc(OC)c3)C2C1. The van der Waals surface area contributed by atoms with E-state index in [0.29, 0.717) is 22.6 Å². The van der Waals surface area contributed by atoms with E-state index in [-0.39, 0.29) is 31.0 Å². The van der Waals surface area contributed by atoms with Crippen molar-refractivity contribution >= 4 is 6.09 Å². The number of carbonyl (C=O) groups is 1. The normalized spacial score (nSPS) is 21.2. The molecule has 2 aliphatic rings. The van der Waals surface area contributed by atoms with Crippen LogP contribution in [0.4, 0.5) is 4.79 Å². The van der Waals surface area contributed by atoms with Gasteiger partial charge in [0.2, 0.25) is 0 Å². The Morgan fingerprint density at radius 3 is 2.31 bits per heavy atom. The number of nitriles is 3. The summed E-state index contributed by atoms with van der Waals surface area (Å²) in [5.74, 6) is -0.393. The molecule has 0 saturated heterocycles. The van der Waals surface area contributed by atoms with Crippen LogP contribution in [-0.2, 0) is 4.74 Å². The van der Waals surface area contributed by atoms with E-state index in [1.807, 2.05) is 0 Å². The molecule has 1 aliphatic heterocycles. The van der Waals surface area contributed by atoms with E-state index < -0.39 is 23.3 Å². The number of allylic oxidation sites excluding steroid dienone is 2. The Labute approximate surface area is 186 Å². The van der Waals surface area contributed by atoms with Gasteiger partial charge in [-0.2, -0.15) is 15.8 Å². The van der Waals surface area contributed by atoms with E-state index in [0.717, 1.165) is 0 Å². The van der Waals surface area contributed by atoms with Crippen LogP contribution in [-0.4, -0.2) is 44.9 Å². The zero-order valence-corrected chi connectivity index (χ0v) is 18.1. The zero-order chi connectivity index (χ0) is 23.5. The van der Waals surface area contributed by atoms with E-state index >= 15 is 0 Å². The molecular formula is C23H23N5O4. The fourth-order valence-electron chi connectivity index (χ4n) is 4.43. The van der Waals surface area contributed by atoms with Crippen molar-refractivity contribution in [3.63, 3.8) is 0 Å². The van der Waals surface area contributed by atoms with E-state index in [1.165, 1.54) is 19.1 Å². The van der Waals surface area contributed by atoms with Gasteiger partial charge in [-0.25, -0.2) is 4.79 Å². The lowest BCUT2D eigenvalue weighted by Crippen LogP contribution is -2.49. The molecule has 0 fully saturated rings. The summed E-state index contributed by atoms with van der Waals surface area (Å²) < 4.78 is 15.9. The number of fused-ring (bicyclic) bond motifs is 1. The van der Waals surface area contributed by atoms with Gasteiger partial charge in [-0.05, 0) is 30.2 Å². The number of rotatable bonds is 4. The lowest BCUT2D eigenvalue weighted by atomic mass is 9.58. The molecule has 0 spiro atoms. The number of nitrogens with two attached hydrogens (primary N) is 1. The van der Waals surface area contributed by atoms with Crippen LogP contribution in [0.15, 0.2) is 41.1 Å². The molecule has 0 radical (unpaired) electrons. The smallest absolute Gasteiger partial charge is 0.410 e. The molecule has 1 aromatic carbocycles. The van der Waals surface area contributed by atoms with E-state index in [1.54, 1.807) is 31.2 Å². The number of ether oxygens (including phenoxy) is 3. The monoisotopic (exact) mass is 433 g/mol. The minimum Gasteiger partial charge on any atom is -0.497 e. The summed E-state index contributed by atoms with van der Waals surface area (Å²) in [6.07, 6.45) is 1.23. The number of amides is 1. The van der Waals surface area contributed by atoms with Gasteiger partial charge in [-0.3, -0.25) is 0 Å². The second-order valence-corrected chi connectivity index (χ2v) is 7.43. The molecule has 32 heavy (non-hydrogen) atoms. The minimum absolute atomic E-state index is 0.0936. The molecule has 0 bridgehead atoms. The molecule has 0 saturated carbocycles. The van der Waals surface area contributed by atoms with Crippen molar-refractivity contribution in [2.75, 3.05) is 33.9 Å². The topological polar surface area (TPSA) is 145 Å². The van der Waals surface area contributed by atoms with Crippen LogP contribution in [0, 0.1) is 45.3 Å². The number of methoxy groups -OCH3 is 2. The van der Waals surface area contributed by atoms with Gasteiger partial charge in [0.25, 0.3) is 0 Å². The van der Waals surface area contributed by atoms with Gasteiger partial charge in [-0.1, -0.05) is 6.08 Å². The van der Waals surface area contributed by atoms with E-state index in [9.17, 15) is 20.6 Å². The average molecular weight is 433 g/mol. The van der Waals surface area contributed by atoms with Gasteiger partial charge >= 0.3 is 6.09 Å². The average Bonchev–Trinajstić information content (AvgIpc) is 2.82. The summed E-state index contributed by atoms with van der Waals surface area (Å²) in [5.41, 5.74) is 5.68. The van der Waals surface area contributed by atoms with Crippen molar-refractivity contribution in [2.45, 2.75) is 12.8 Å². The molecule has 3 rings (SSSR count). The van der Waals surface area contributed by atoms with Crippen LogP contribution >= 0.6 is 0 Å². The van der Waals surface area contributed by atoms with Crippen molar-refractivity contribution in [2.24, 2.45) is 17.1 Å². The van der Waals surface area contributed by atoms with Crippen molar-refractivity contribution in [3.05, 3.63) is 46.7 Å². The van der Waals surface area contributed by atoms with E-state index in [2.05, 4.69) is 18.2 Å². The Morgan fingerprint density at radius 1 is 1.19 bits per heavy atom. The summed E-state index contributed by atoms with van der Waals surface area (Å²) in [6, 6.07) is 11.3. The quantitative estimate of drug-likeness (QED) is 0.762. The maximum Gasteiger partial charge on any atom is 0.410 e. The van der Waals surface area contributed by atoms with Crippen LogP contribution < -0.4 is 15.2 Å². The first-order chi connectivity index (χ1) is 15.4. The number of carbonyl (C=O) groups excluding carboxylic acids is 1. The summed E-state index contributed by atoms with van der Waals surface area (Å²) in [6.45, 7) is 2.30. The number of hydrogen-bond acceptors (Lipinski definition) is 8. The molecule has 2 unspecified atom stereocenters. The molecule has 9 heteroatoms. The molecule has 1 heterocycles. The molecule has 1 aliphatic carbocycles. The van der Waals surface area contributed by atoms with Gasteiger partial charge < -0.3 is 24.8 Å². The van der Waals surface area contributed by atoms with Crippen LogP contribution in [0.3, 0.4) is 0 Å². The molecule has 1 aromatic rings. The molecule has 9 nitrogen and oxygen atoms in total. The molecule has 2 atom stereocenters. The second-order valence-electron chi connectivity index (χ2n) is 7.43. The van der Waals surface area contributed by atoms with Gasteiger partial charge in [0.05, 0.1) is 44.2 Å². The third kappa shape index (κ3) is 3.46. The highest BCUT2D eigenvalue weighted by molar-refractivity contribution is 5.69. The van der Waals surface area contributed by atoms with Gasteiger partial charge in [0, 0.05) is 31.0 Å². The number of nitrogens with zero attached hydrogens (tertiary/aromatic N) is 4. The third-order valence-electron chi connectivity index (χ3n) is 5.92. The molecule has 1 amide bonds. The summed E-state index contributed by atoms with van der Waals surface area (Å²) in [5, 5.41) is 30.2. The van der Waals surface area contributed by atoms with Gasteiger partial charge in [0.15, 0.2) is 5.41 Å². The Kier molecular flexibility index (Phi) is 6.27. The number of hydrogen-bond donors (Lipinski definition) is 1. The van der Waals surface area contributed by atoms with Crippen molar-refractivity contribution in [1.29, 1.82) is 15.8 Å². The standard InChI is InChI=1S/C23H23N5O4/c1-4-32-22(29)28-6-5-17-18(10-24)21(27)23(12-25,13-26)20(19(17)11-28)14-7-15(30-2)9-16(8-14)31-3/h5,7-9,19-20H,4,6,11,27H2,1-3H3. The maximum absolute atomic E-state index is 12.4. The highest BCUT2D eigenvalue weighted by atomic mass is 16.6. The van der Waals surface area contributed by atoms with Crippen molar-refractivity contribution < 1.29 is 19.0 Å². The highest BCUT2D eigenvalue weighted by Gasteiger charge is 2.55. The molecule has 164 valence electrons.